The molecule has 2 rings (SSSR count). The van der Waals surface area contributed by atoms with Gasteiger partial charge in [0.2, 0.25) is 11.1 Å². The van der Waals surface area contributed by atoms with E-state index in [-0.39, 0.29) is 17.2 Å². The van der Waals surface area contributed by atoms with Crippen LogP contribution in [0.3, 0.4) is 0 Å². The number of carbonyl (C=O) groups excluding carboxylic acids is 1. The van der Waals surface area contributed by atoms with Gasteiger partial charge in [-0.3, -0.25) is 4.79 Å². The molecule has 0 saturated carbocycles. The summed E-state index contributed by atoms with van der Waals surface area (Å²) < 4.78 is 1.69. The first-order valence-corrected chi connectivity index (χ1v) is 8.75. The number of nitrogens with zero attached hydrogens (tertiary/aromatic N) is 4. The van der Waals surface area contributed by atoms with Gasteiger partial charge in [-0.2, -0.15) is 0 Å². The molecule has 2 atom stereocenters. The van der Waals surface area contributed by atoms with Crippen LogP contribution in [-0.2, 0) is 17.8 Å². The van der Waals surface area contributed by atoms with Crippen molar-refractivity contribution in [3.63, 3.8) is 0 Å². The highest BCUT2D eigenvalue weighted by atomic mass is 32.2. The van der Waals surface area contributed by atoms with Gasteiger partial charge in [-0.25, -0.2) is 4.68 Å². The molecule has 23 heavy (non-hydrogen) atoms. The highest BCUT2D eigenvalue weighted by molar-refractivity contribution is 8.00. The molecular formula is C16H23N5OS. The molecule has 0 aliphatic rings. The highest BCUT2D eigenvalue weighted by Gasteiger charge is 2.19. The molecule has 2 aromatic rings. The van der Waals surface area contributed by atoms with E-state index in [0.29, 0.717) is 11.7 Å². The predicted octanol–water partition coefficient (Wildman–Crippen LogP) is 2.31. The molecule has 0 fully saturated rings. The second-order valence-electron chi connectivity index (χ2n) is 5.47. The van der Waals surface area contributed by atoms with E-state index in [9.17, 15) is 4.79 Å². The first-order chi connectivity index (χ1) is 11.1. The molecule has 1 aromatic carbocycles. The van der Waals surface area contributed by atoms with Crippen molar-refractivity contribution in [2.45, 2.75) is 56.6 Å². The van der Waals surface area contributed by atoms with Crippen molar-refractivity contribution in [3.05, 3.63) is 35.9 Å². The molecule has 0 radical (unpaired) electrons. The molecule has 7 heteroatoms. The summed E-state index contributed by atoms with van der Waals surface area (Å²) in [4.78, 5) is 12.3. The molecule has 6 nitrogen and oxygen atoms in total. The van der Waals surface area contributed by atoms with Crippen LogP contribution in [0.4, 0.5) is 0 Å². The maximum absolute atomic E-state index is 12.3. The van der Waals surface area contributed by atoms with Gasteiger partial charge >= 0.3 is 0 Å². The van der Waals surface area contributed by atoms with Crippen LogP contribution in [0.5, 0.6) is 0 Å². The van der Waals surface area contributed by atoms with Crippen LogP contribution in [0.1, 0.15) is 32.8 Å². The lowest BCUT2D eigenvalue weighted by Gasteiger charge is -2.17. The van der Waals surface area contributed by atoms with Crippen molar-refractivity contribution in [1.29, 1.82) is 0 Å². The van der Waals surface area contributed by atoms with Gasteiger partial charge in [0, 0.05) is 12.6 Å². The first kappa shape index (κ1) is 17.5. The number of aryl methyl sites for hydroxylation is 2. The summed E-state index contributed by atoms with van der Waals surface area (Å²) in [5.41, 5.74) is 1.29. The van der Waals surface area contributed by atoms with Gasteiger partial charge in [-0.05, 0) is 49.6 Å². The van der Waals surface area contributed by atoms with E-state index in [1.54, 1.807) is 4.68 Å². The van der Waals surface area contributed by atoms with E-state index in [0.717, 1.165) is 12.8 Å². The number of amides is 1. The summed E-state index contributed by atoms with van der Waals surface area (Å²) >= 11 is 1.38. The third kappa shape index (κ3) is 5.35. The monoisotopic (exact) mass is 333 g/mol. The van der Waals surface area contributed by atoms with E-state index in [2.05, 4.69) is 33.0 Å². The van der Waals surface area contributed by atoms with E-state index in [1.165, 1.54) is 17.3 Å². The molecule has 1 aromatic heterocycles. The van der Waals surface area contributed by atoms with Gasteiger partial charge in [0.05, 0.1) is 5.25 Å². The summed E-state index contributed by atoms with van der Waals surface area (Å²) in [5, 5.41) is 15.0. The summed E-state index contributed by atoms with van der Waals surface area (Å²) in [6, 6.07) is 10.4. The molecule has 0 saturated heterocycles. The van der Waals surface area contributed by atoms with Crippen LogP contribution in [0.2, 0.25) is 0 Å². The molecule has 0 spiro atoms. The number of aromatic nitrogens is 4. The van der Waals surface area contributed by atoms with E-state index >= 15 is 0 Å². The SMILES string of the molecule is CCn1nnnc1S[C@@H](C)C(=O)N[C@@H](C)CCc1ccccc1. The molecule has 1 heterocycles. The Bertz CT molecular complexity index is 616. The fourth-order valence-corrected chi connectivity index (χ4v) is 3.01. The Morgan fingerprint density at radius 3 is 2.74 bits per heavy atom. The molecule has 124 valence electrons. The second-order valence-corrected chi connectivity index (χ2v) is 6.78. The summed E-state index contributed by atoms with van der Waals surface area (Å²) in [7, 11) is 0. The average Bonchev–Trinajstić information content (AvgIpc) is 3.01. The van der Waals surface area contributed by atoms with Crippen LogP contribution in [0.15, 0.2) is 35.5 Å². The van der Waals surface area contributed by atoms with Crippen LogP contribution >= 0.6 is 11.8 Å². The smallest absolute Gasteiger partial charge is 0.233 e. The number of hydrogen-bond acceptors (Lipinski definition) is 5. The Morgan fingerprint density at radius 1 is 1.30 bits per heavy atom. The maximum Gasteiger partial charge on any atom is 0.233 e. The third-order valence-electron chi connectivity index (χ3n) is 3.55. The molecule has 0 aliphatic carbocycles. The number of nitrogens with one attached hydrogen (secondary N) is 1. The fourth-order valence-electron chi connectivity index (χ4n) is 2.15. The predicted molar refractivity (Wildman–Crippen MR) is 91.2 cm³/mol. The molecule has 0 unspecified atom stereocenters. The summed E-state index contributed by atoms with van der Waals surface area (Å²) in [6.07, 6.45) is 1.87. The zero-order chi connectivity index (χ0) is 16.7. The number of benzene rings is 1. The van der Waals surface area contributed by atoms with E-state index in [1.807, 2.05) is 39.0 Å². The van der Waals surface area contributed by atoms with Crippen molar-refractivity contribution in [2.24, 2.45) is 0 Å². The quantitative estimate of drug-likeness (QED) is 0.751. The average molecular weight is 333 g/mol. The van der Waals surface area contributed by atoms with E-state index in [4.69, 9.17) is 0 Å². The lowest BCUT2D eigenvalue weighted by Crippen LogP contribution is -2.38. The van der Waals surface area contributed by atoms with Gasteiger partial charge < -0.3 is 5.32 Å². The normalized spacial score (nSPS) is 13.5. The summed E-state index contributed by atoms with van der Waals surface area (Å²) in [5.74, 6) is 0.0150. The van der Waals surface area contributed by atoms with Crippen LogP contribution in [0.25, 0.3) is 0 Å². The Labute approximate surface area is 141 Å². The number of hydrogen-bond donors (Lipinski definition) is 1. The molecule has 1 N–H and O–H groups in total. The van der Waals surface area contributed by atoms with Gasteiger partial charge in [0.15, 0.2) is 0 Å². The van der Waals surface area contributed by atoms with Crippen LogP contribution in [-0.4, -0.2) is 37.4 Å². The van der Waals surface area contributed by atoms with Gasteiger partial charge in [0.1, 0.15) is 0 Å². The Morgan fingerprint density at radius 2 is 2.04 bits per heavy atom. The number of tetrazole rings is 1. The number of carbonyl (C=O) groups is 1. The van der Waals surface area contributed by atoms with Crippen LogP contribution < -0.4 is 5.32 Å². The van der Waals surface area contributed by atoms with Crippen molar-refractivity contribution in [2.75, 3.05) is 0 Å². The molecular weight excluding hydrogens is 310 g/mol. The van der Waals surface area contributed by atoms with Crippen molar-refractivity contribution in [3.8, 4) is 0 Å². The second kappa shape index (κ2) is 8.67. The number of rotatable bonds is 8. The summed E-state index contributed by atoms with van der Waals surface area (Å²) in [6.45, 7) is 6.57. The van der Waals surface area contributed by atoms with Gasteiger partial charge in [0.25, 0.3) is 0 Å². The number of thioether (sulfide) groups is 1. The zero-order valence-corrected chi connectivity index (χ0v) is 14.6. The minimum Gasteiger partial charge on any atom is -0.353 e. The minimum atomic E-state index is -0.231. The van der Waals surface area contributed by atoms with Crippen molar-refractivity contribution < 1.29 is 4.79 Å². The molecule has 1 amide bonds. The Hall–Kier alpha value is -1.89. The topological polar surface area (TPSA) is 72.7 Å². The Kier molecular flexibility index (Phi) is 6.58. The lowest BCUT2D eigenvalue weighted by molar-refractivity contribution is -0.120. The standard InChI is InChI=1S/C16H23N5OS/c1-4-21-16(18-19-20-21)23-13(3)15(22)17-12(2)10-11-14-8-6-5-7-9-14/h5-9,12-13H,4,10-11H2,1-3H3,(H,17,22)/t12-,13-/m0/s1. The van der Waals surface area contributed by atoms with Crippen molar-refractivity contribution >= 4 is 17.7 Å². The molecule has 0 aliphatic heterocycles. The van der Waals surface area contributed by atoms with Crippen LogP contribution in [0, 0.1) is 0 Å². The minimum absolute atomic E-state index is 0.0150. The third-order valence-corrected chi connectivity index (χ3v) is 4.62. The lowest BCUT2D eigenvalue weighted by atomic mass is 10.1. The highest BCUT2D eigenvalue weighted by Crippen LogP contribution is 2.20. The van der Waals surface area contributed by atoms with Crippen molar-refractivity contribution in [1.82, 2.24) is 25.5 Å². The fraction of sp³-hybridized carbons (Fsp3) is 0.500. The first-order valence-electron chi connectivity index (χ1n) is 7.87. The molecule has 0 bridgehead atoms. The Balaban J connectivity index is 1.78. The zero-order valence-electron chi connectivity index (χ0n) is 13.8. The van der Waals surface area contributed by atoms with Gasteiger partial charge in [-0.1, -0.05) is 42.1 Å². The largest absolute Gasteiger partial charge is 0.353 e. The maximum atomic E-state index is 12.3. The van der Waals surface area contributed by atoms with E-state index < -0.39 is 0 Å². The van der Waals surface area contributed by atoms with Gasteiger partial charge in [-0.15, -0.1) is 5.10 Å².